The summed E-state index contributed by atoms with van der Waals surface area (Å²) in [4.78, 5) is 109. The summed E-state index contributed by atoms with van der Waals surface area (Å²) in [5.41, 5.74) is 14.5. The van der Waals surface area contributed by atoms with Crippen molar-refractivity contribution in [1.82, 2.24) is 65.5 Å². The van der Waals surface area contributed by atoms with Crippen LogP contribution in [0.1, 0.15) is 126 Å². The third-order valence-electron chi connectivity index (χ3n) is 19.9. The molecule has 98 heavy (non-hydrogen) atoms. The summed E-state index contributed by atoms with van der Waals surface area (Å²) >= 11 is 0. The van der Waals surface area contributed by atoms with Crippen molar-refractivity contribution < 1.29 is 44.4 Å². The lowest BCUT2D eigenvalue weighted by molar-refractivity contribution is -0.129. The van der Waals surface area contributed by atoms with E-state index in [0.29, 0.717) is 25.0 Å². The van der Waals surface area contributed by atoms with Gasteiger partial charge >= 0.3 is 0 Å². The second-order valence-electron chi connectivity index (χ2n) is 32.0. The molecule has 1 aromatic heterocycles. The van der Waals surface area contributed by atoms with Crippen LogP contribution in [0.2, 0.25) is 0 Å². The molecular formula is C66H103N23O9. The molecular weight excluding hydrogens is 1260 g/mol. The minimum atomic E-state index is -0.879. The Morgan fingerprint density at radius 1 is 0.541 bits per heavy atom. The predicted octanol–water partition coefficient (Wildman–Crippen LogP) is -0.946. The molecule has 32 heteroatoms. The number of aromatic nitrogens is 2. The molecule has 13 aliphatic rings. The van der Waals surface area contributed by atoms with Crippen molar-refractivity contribution in [3.05, 3.63) is 47.1 Å². The number of amides is 4. The Balaban J connectivity index is 0.000000135. The first-order valence-electron chi connectivity index (χ1n) is 33.5. The number of fused-ring (bicyclic) bond motifs is 7. The Kier molecular flexibility index (Phi) is 19.6. The van der Waals surface area contributed by atoms with Crippen molar-refractivity contribution in [2.45, 2.75) is 237 Å². The first kappa shape index (κ1) is 72.6. The summed E-state index contributed by atoms with van der Waals surface area (Å²) in [5, 5.41) is 53.9. The number of carbonyl (C=O) groups is 5. The first-order chi connectivity index (χ1) is 45.5. The van der Waals surface area contributed by atoms with Crippen LogP contribution in [0.4, 0.5) is 5.95 Å². The molecule has 0 bridgehead atoms. The molecule has 0 saturated heterocycles. The van der Waals surface area contributed by atoms with Crippen LogP contribution < -0.4 is 43.0 Å². The standard InChI is InChI=1S/C17H27N5O3.C16H25N5O3.C14H21N5O.C10H16N4O.C9H14N4O/c1-17(2,3)22-6-7(10-14(22)20-16(18)21-15(10)25)5-19-11-8-4-9(8)12(23)13(11)24;1-16(2,3)21-7-8(6-18-9-4-5-10(22)12(9)23)11-13(21)19-15(17)20-14(11)24;1-8-9(2)19-12(20)10-11(17(6)13(19)16-8)18(7-15-10)14(3,4)5;1-10(2,3)14-6-11-7-8(14)12-5-13(4)9(7)15;1-9(2,3)13-5-12-6-7(13)10-4-11-8(6)14/h6,8-14,19,23-24H,4-5H2,1-3H3,(H3,18,20,21,25);4-5,7,9-13,18,22-23H,6H2,1-3H3,(H3,17,19,20,24);7,10-11H,1-6H3;5-8H,1-4H3;4-7H,1-3H3,(H,10,11,14). The van der Waals surface area contributed by atoms with E-state index in [4.69, 9.17) is 11.5 Å². The lowest BCUT2D eigenvalue weighted by Crippen LogP contribution is -2.60. The average molecular weight is 1360 g/mol. The number of aliphatic imine (C=N–C) groups is 7. The number of guanidine groups is 2. The van der Waals surface area contributed by atoms with E-state index in [-0.39, 0.29) is 136 Å². The van der Waals surface area contributed by atoms with Crippen molar-refractivity contribution >= 4 is 79.1 Å². The van der Waals surface area contributed by atoms with Crippen LogP contribution in [0.3, 0.4) is 0 Å². The Morgan fingerprint density at radius 2 is 1.03 bits per heavy atom. The fraction of sp³-hybridized carbons (Fsp3) is 0.682. The van der Waals surface area contributed by atoms with Crippen molar-refractivity contribution in [3.8, 4) is 0 Å². The van der Waals surface area contributed by atoms with Crippen molar-refractivity contribution in [2.75, 3.05) is 32.1 Å². The molecule has 3 aliphatic carbocycles. The van der Waals surface area contributed by atoms with Gasteiger partial charge in [0, 0.05) is 79.0 Å². The Hall–Kier alpha value is -8.17. The molecule has 536 valence electrons. The average Bonchev–Trinajstić information content (AvgIpc) is 1.58. The molecule has 18 unspecified atom stereocenters. The number of hydrogen-bond acceptors (Lipinski definition) is 27. The van der Waals surface area contributed by atoms with Crippen LogP contribution >= 0.6 is 0 Å². The zero-order valence-electron chi connectivity index (χ0n) is 59.8. The zero-order valence-corrected chi connectivity index (χ0v) is 59.8. The van der Waals surface area contributed by atoms with E-state index in [0.717, 1.165) is 29.0 Å². The second kappa shape index (κ2) is 26.5. The van der Waals surface area contributed by atoms with Gasteiger partial charge < -0.3 is 82.1 Å². The lowest BCUT2D eigenvalue weighted by Gasteiger charge is -2.44. The molecule has 4 amide bonds. The van der Waals surface area contributed by atoms with Gasteiger partial charge in [-0.1, -0.05) is 12.2 Å². The molecule has 10 aliphatic heterocycles. The number of nitrogens with zero attached hydrogens (tertiary/aromatic N) is 16. The monoisotopic (exact) mass is 1360 g/mol. The molecule has 0 radical (unpaired) electrons. The van der Waals surface area contributed by atoms with E-state index in [1.807, 2.05) is 48.0 Å². The van der Waals surface area contributed by atoms with Gasteiger partial charge in [-0.2, -0.15) is 0 Å². The fourth-order valence-corrected chi connectivity index (χ4v) is 14.2. The number of anilines is 1. The normalized spacial score (nSPS) is 33.7. The zero-order chi connectivity index (χ0) is 72.1. The molecule has 0 aromatic carbocycles. The fourth-order valence-electron chi connectivity index (χ4n) is 14.2. The Bertz CT molecular complexity index is 3590. The topological polar surface area (TPSA) is 405 Å². The van der Waals surface area contributed by atoms with Gasteiger partial charge in [-0.3, -0.25) is 54.2 Å². The molecule has 0 spiro atoms. The Labute approximate surface area is 573 Å². The quantitative estimate of drug-likeness (QED) is 0.153. The molecule has 11 heterocycles. The van der Waals surface area contributed by atoms with Crippen molar-refractivity contribution in [1.29, 1.82) is 0 Å². The number of nitrogens with two attached hydrogens (primary N) is 2. The minimum Gasteiger partial charge on any atom is -0.390 e. The van der Waals surface area contributed by atoms with Gasteiger partial charge in [0.2, 0.25) is 17.8 Å². The number of aliphatic hydroxyl groups is 4. The van der Waals surface area contributed by atoms with Crippen LogP contribution in [-0.4, -0.2) is 273 Å². The summed E-state index contributed by atoms with van der Waals surface area (Å²) in [7, 11) is 3.69. The molecule has 2 saturated carbocycles. The van der Waals surface area contributed by atoms with Crippen LogP contribution in [0.5, 0.6) is 0 Å². The van der Waals surface area contributed by atoms with Gasteiger partial charge in [-0.25, -0.2) is 25.0 Å². The van der Waals surface area contributed by atoms with E-state index in [1.54, 1.807) is 49.1 Å². The van der Waals surface area contributed by atoms with Gasteiger partial charge in [-0.05, 0) is 147 Å². The highest BCUT2D eigenvalue weighted by atomic mass is 16.3. The minimum absolute atomic E-state index is 0.0120. The number of imidazole rings is 1. The number of aryl methyl sites for hydroxylation is 1. The highest BCUT2D eigenvalue weighted by Crippen LogP contribution is 2.52. The summed E-state index contributed by atoms with van der Waals surface area (Å²) in [5.74, 6) is 0.369. The van der Waals surface area contributed by atoms with Crippen LogP contribution in [-0.2, 0) is 19.2 Å². The van der Waals surface area contributed by atoms with Crippen LogP contribution in [0, 0.1) is 37.5 Å². The van der Waals surface area contributed by atoms with Crippen LogP contribution in [0.25, 0.3) is 0 Å². The molecule has 13 N–H and O–H groups in total. The van der Waals surface area contributed by atoms with E-state index in [9.17, 15) is 44.4 Å². The van der Waals surface area contributed by atoms with Gasteiger partial charge in [0.15, 0.2) is 42.4 Å². The van der Waals surface area contributed by atoms with Gasteiger partial charge in [0.05, 0.1) is 61.7 Å². The number of nitrogens with one attached hydrogen (secondary N) is 5. The largest absolute Gasteiger partial charge is 0.390 e. The molecule has 1 aromatic rings. The summed E-state index contributed by atoms with van der Waals surface area (Å²) < 4.78 is 1.69. The molecule has 18 atom stereocenters. The predicted molar refractivity (Wildman–Crippen MR) is 373 cm³/mol. The summed E-state index contributed by atoms with van der Waals surface area (Å²) in [6, 6.07) is -1.58. The molecule has 32 nitrogen and oxygen atoms in total. The third-order valence-corrected chi connectivity index (χ3v) is 19.9. The van der Waals surface area contributed by atoms with Gasteiger partial charge in [-0.15, -0.1) is 0 Å². The molecule has 2 fully saturated rings. The van der Waals surface area contributed by atoms with Crippen LogP contribution in [0.15, 0.2) is 70.6 Å². The maximum atomic E-state index is 12.7. The second-order valence-corrected chi connectivity index (χ2v) is 32.0. The van der Waals surface area contributed by atoms with Gasteiger partial charge in [0.1, 0.15) is 36.4 Å². The smallest absolute Gasteiger partial charge is 0.262 e. The first-order valence-corrected chi connectivity index (χ1v) is 33.5. The molecule has 14 rings (SSSR count). The number of hydrogen-bond donors (Lipinski definition) is 11. The number of aliphatic hydroxyl groups excluding tert-OH is 4. The van der Waals surface area contributed by atoms with Gasteiger partial charge in [0.25, 0.3) is 17.7 Å². The number of likely N-dealkylation sites (N-methyl/N-ethyl adjacent to an activating group) is 2. The maximum absolute atomic E-state index is 12.7. The Morgan fingerprint density at radius 3 is 1.52 bits per heavy atom. The van der Waals surface area contributed by atoms with E-state index < -0.39 is 36.3 Å². The van der Waals surface area contributed by atoms with E-state index >= 15 is 0 Å². The summed E-state index contributed by atoms with van der Waals surface area (Å²) in [6.07, 6.45) is 12.3. The third kappa shape index (κ3) is 14.1. The SMILES string of the molecule is CC(C)(C)N1C=C(CNC2C(O)C(O)C3CC32)C2C(=O)NC(N)=NC21.CC(C)(C)N1C=C(CNC2C=CC(O)C2O)C2C(=O)NC(N)=NC21.CC(C)(C)N1C=NC2C(=O)NC=NC21.CN1C=NC2C(N=CN2C(C)(C)C)C1=O.Cc1nc2n(c1C)C(=O)C1N=CN(C(C)(C)C)C1N2C. The lowest BCUT2D eigenvalue weighted by atomic mass is 9.95. The number of rotatable bonds is 6. The van der Waals surface area contributed by atoms with E-state index in [2.05, 4.69) is 185 Å². The maximum Gasteiger partial charge on any atom is 0.262 e. The number of carbonyl (C=O) groups excluding carboxylic acids is 5. The van der Waals surface area contributed by atoms with E-state index in [1.165, 1.54) is 11.2 Å². The highest BCUT2D eigenvalue weighted by Gasteiger charge is 2.59. The summed E-state index contributed by atoms with van der Waals surface area (Å²) in [6.45, 7) is 36.0. The van der Waals surface area contributed by atoms with Crippen molar-refractivity contribution in [3.63, 3.8) is 0 Å². The highest BCUT2D eigenvalue weighted by molar-refractivity contribution is 6.02. The van der Waals surface area contributed by atoms with Crippen molar-refractivity contribution in [2.24, 2.45) is 70.1 Å².